The number of carbonyl (C=O) groups excluding carboxylic acids is 2. The highest BCUT2D eigenvalue weighted by molar-refractivity contribution is 7.45. The van der Waals surface area contributed by atoms with Crippen LogP contribution in [0, 0.1) is 0 Å². The molecule has 0 aromatic carbocycles. The van der Waals surface area contributed by atoms with Crippen molar-refractivity contribution in [3.8, 4) is 0 Å². The molecule has 1 unspecified atom stereocenters. The van der Waals surface area contributed by atoms with Crippen LogP contribution < -0.4 is 4.89 Å². The van der Waals surface area contributed by atoms with Crippen molar-refractivity contribution in [2.75, 3.05) is 47.5 Å². The normalized spacial score (nSPS) is 14.6. The number of quaternary nitrogens is 1. The molecule has 56 heavy (non-hydrogen) atoms. The third-order valence-electron chi connectivity index (χ3n) is 9.18. The molecule has 11 heteroatoms. The van der Waals surface area contributed by atoms with Crippen LogP contribution in [0.5, 0.6) is 0 Å². The highest BCUT2D eigenvalue weighted by atomic mass is 31.2. The first kappa shape index (κ1) is 53.9. The lowest BCUT2D eigenvalue weighted by atomic mass is 10.0. The number of allylic oxidation sites excluding steroid dienone is 6. The van der Waals surface area contributed by atoms with Gasteiger partial charge in [-0.05, 0) is 44.9 Å². The first-order chi connectivity index (χ1) is 26.9. The Bertz CT molecular complexity index is 1120. The number of unbranched alkanes of at least 4 members (excludes halogenated alkanes) is 17. The molecule has 0 aromatic heterocycles. The number of hydrogen-bond donors (Lipinski definition) is 1. The van der Waals surface area contributed by atoms with Gasteiger partial charge in [0, 0.05) is 12.8 Å². The molecule has 3 atom stereocenters. The van der Waals surface area contributed by atoms with E-state index in [1.54, 1.807) is 6.08 Å². The van der Waals surface area contributed by atoms with E-state index >= 15 is 0 Å². The molecule has 0 spiro atoms. The summed E-state index contributed by atoms with van der Waals surface area (Å²) in [6, 6.07) is 0. The largest absolute Gasteiger partial charge is 0.756 e. The number of phosphoric ester groups is 1. The van der Waals surface area contributed by atoms with Crippen molar-refractivity contribution in [3.63, 3.8) is 0 Å². The summed E-state index contributed by atoms with van der Waals surface area (Å²) >= 11 is 0. The Morgan fingerprint density at radius 1 is 0.661 bits per heavy atom. The average molecular weight is 812 g/mol. The fraction of sp³-hybridized carbons (Fsp3) is 0.778. The molecule has 0 aliphatic heterocycles. The van der Waals surface area contributed by atoms with Gasteiger partial charge in [-0.3, -0.25) is 14.2 Å². The van der Waals surface area contributed by atoms with Gasteiger partial charge in [-0.2, -0.15) is 0 Å². The highest BCUT2D eigenvalue weighted by Crippen LogP contribution is 2.38. The number of hydrogen-bond acceptors (Lipinski definition) is 9. The van der Waals surface area contributed by atoms with Crippen LogP contribution in [-0.4, -0.2) is 81.2 Å². The molecular weight excluding hydrogens is 729 g/mol. The third-order valence-corrected chi connectivity index (χ3v) is 10.1. The average Bonchev–Trinajstić information content (AvgIpc) is 3.14. The van der Waals surface area contributed by atoms with Gasteiger partial charge in [0.2, 0.25) is 0 Å². The minimum Gasteiger partial charge on any atom is -0.756 e. The van der Waals surface area contributed by atoms with Gasteiger partial charge < -0.3 is 33.0 Å². The predicted molar refractivity (Wildman–Crippen MR) is 228 cm³/mol. The maximum Gasteiger partial charge on any atom is 0.306 e. The highest BCUT2D eigenvalue weighted by Gasteiger charge is 2.21. The zero-order valence-electron chi connectivity index (χ0n) is 36.2. The predicted octanol–water partition coefficient (Wildman–Crippen LogP) is 10.6. The number of aliphatic hydroxyl groups is 1. The number of ether oxygens (including phenoxy) is 2. The summed E-state index contributed by atoms with van der Waals surface area (Å²) in [5.41, 5.74) is 0. The van der Waals surface area contributed by atoms with Gasteiger partial charge in [0.1, 0.15) is 19.8 Å². The Kier molecular flexibility index (Phi) is 35.8. The number of likely N-dealkylation sites (N-methyl/N-ethyl adjacent to an activating group) is 1. The van der Waals surface area contributed by atoms with E-state index in [9.17, 15) is 24.2 Å². The SMILES string of the molecule is CCCCC/C=C\C[C@H](O)/C=C/C=C\C/C=C\CCCC(=O)O[C@H](COC(=O)CCCCCCCCCCCCCCCC)COP(=O)([O-])OCC[N+](C)(C)C. The lowest BCUT2D eigenvalue weighted by Gasteiger charge is -2.28. The molecular formula is C45H82NO9P. The van der Waals surface area contributed by atoms with E-state index in [2.05, 4.69) is 19.9 Å². The molecule has 326 valence electrons. The summed E-state index contributed by atoms with van der Waals surface area (Å²) < 4.78 is 33.8. The Balaban J connectivity index is 4.53. The molecule has 0 aromatic rings. The molecule has 0 rings (SSSR count). The standard InChI is InChI=1S/C45H82NO9P/c1-6-8-10-12-14-15-16-17-18-19-20-24-28-32-36-44(48)52-40-43(41-54-56(50,51)53-39-38-46(3,4)5)55-45(49)37-33-29-25-22-21-23-27-31-35-42(47)34-30-26-13-11-9-7-2/h22-23,25-27,30-31,35,42-43,47H,6-21,24,28-29,32-34,36-41H2,1-5H3/b25-22-,27-23-,30-26-,35-31+/t42-,43+/m0/s1. The van der Waals surface area contributed by atoms with Crippen LogP contribution in [0.15, 0.2) is 48.6 Å². The third kappa shape index (κ3) is 40.1. The van der Waals surface area contributed by atoms with Gasteiger partial charge in [0.25, 0.3) is 7.82 Å². The van der Waals surface area contributed by atoms with Gasteiger partial charge in [-0.15, -0.1) is 0 Å². The van der Waals surface area contributed by atoms with E-state index in [-0.39, 0.29) is 26.1 Å². The minimum absolute atomic E-state index is 0.0524. The van der Waals surface area contributed by atoms with Crippen LogP contribution in [0.25, 0.3) is 0 Å². The lowest BCUT2D eigenvalue weighted by Crippen LogP contribution is -2.37. The summed E-state index contributed by atoms with van der Waals surface area (Å²) in [6.45, 7) is 4.04. The minimum atomic E-state index is -4.65. The van der Waals surface area contributed by atoms with Gasteiger partial charge in [0.05, 0.1) is 33.9 Å². The van der Waals surface area contributed by atoms with Crippen molar-refractivity contribution in [1.29, 1.82) is 0 Å². The maximum absolute atomic E-state index is 12.6. The van der Waals surface area contributed by atoms with Crippen LogP contribution in [-0.2, 0) is 32.7 Å². The monoisotopic (exact) mass is 812 g/mol. The molecule has 0 saturated carbocycles. The van der Waals surface area contributed by atoms with Crippen molar-refractivity contribution in [2.45, 2.75) is 180 Å². The van der Waals surface area contributed by atoms with Crippen LogP contribution in [0.4, 0.5) is 0 Å². The van der Waals surface area contributed by atoms with Crippen LogP contribution in [0.3, 0.4) is 0 Å². The second kappa shape index (κ2) is 37.2. The van der Waals surface area contributed by atoms with Crippen molar-refractivity contribution in [3.05, 3.63) is 48.6 Å². The zero-order valence-corrected chi connectivity index (χ0v) is 37.1. The van der Waals surface area contributed by atoms with Gasteiger partial charge in [0.15, 0.2) is 6.10 Å². The Labute approximate surface area is 342 Å². The fourth-order valence-corrected chi connectivity index (χ4v) is 6.40. The summed E-state index contributed by atoms with van der Waals surface area (Å²) in [4.78, 5) is 37.5. The van der Waals surface area contributed by atoms with Gasteiger partial charge >= 0.3 is 11.9 Å². The van der Waals surface area contributed by atoms with Gasteiger partial charge in [-0.1, -0.05) is 159 Å². The second-order valence-electron chi connectivity index (χ2n) is 15.9. The number of nitrogens with zero attached hydrogens (tertiary/aromatic N) is 1. The lowest BCUT2D eigenvalue weighted by molar-refractivity contribution is -0.870. The second-order valence-corrected chi connectivity index (χ2v) is 17.3. The van der Waals surface area contributed by atoms with Crippen LogP contribution in [0.2, 0.25) is 0 Å². The Morgan fingerprint density at radius 3 is 1.84 bits per heavy atom. The quantitative estimate of drug-likeness (QED) is 0.0161. The molecule has 0 saturated heterocycles. The smallest absolute Gasteiger partial charge is 0.306 e. The van der Waals surface area contributed by atoms with Crippen LogP contribution >= 0.6 is 7.82 Å². The fourth-order valence-electron chi connectivity index (χ4n) is 5.67. The number of rotatable bonds is 39. The molecule has 10 nitrogen and oxygen atoms in total. The summed E-state index contributed by atoms with van der Waals surface area (Å²) in [5.74, 6) is -0.938. The summed E-state index contributed by atoms with van der Waals surface area (Å²) in [6.07, 6.45) is 38.8. The molecule has 0 aliphatic carbocycles. The summed E-state index contributed by atoms with van der Waals surface area (Å²) in [7, 11) is 1.09. The first-order valence-corrected chi connectivity index (χ1v) is 23.4. The number of aliphatic hydroxyl groups excluding tert-OH is 1. The summed E-state index contributed by atoms with van der Waals surface area (Å²) in [5, 5.41) is 10.0. The van der Waals surface area contributed by atoms with Gasteiger partial charge in [-0.25, -0.2) is 0 Å². The molecule has 0 bridgehead atoms. The van der Waals surface area contributed by atoms with Crippen molar-refractivity contribution in [2.24, 2.45) is 0 Å². The number of phosphoric acid groups is 1. The molecule has 0 radical (unpaired) electrons. The molecule has 0 fully saturated rings. The topological polar surface area (TPSA) is 131 Å². The van der Waals surface area contributed by atoms with E-state index in [4.69, 9.17) is 18.5 Å². The van der Waals surface area contributed by atoms with E-state index in [0.29, 0.717) is 36.7 Å². The van der Waals surface area contributed by atoms with E-state index in [1.165, 1.54) is 89.9 Å². The Hall–Kier alpha value is -2.07. The molecule has 0 amide bonds. The van der Waals surface area contributed by atoms with Crippen molar-refractivity contribution < 1.29 is 47.2 Å². The molecule has 1 N–H and O–H groups in total. The van der Waals surface area contributed by atoms with Crippen LogP contribution in [0.1, 0.15) is 168 Å². The van der Waals surface area contributed by atoms with E-state index in [1.807, 2.05) is 57.6 Å². The van der Waals surface area contributed by atoms with Crippen molar-refractivity contribution >= 4 is 19.8 Å². The number of esters is 2. The Morgan fingerprint density at radius 2 is 1.21 bits per heavy atom. The van der Waals surface area contributed by atoms with Crippen molar-refractivity contribution in [1.82, 2.24) is 0 Å². The number of carbonyl (C=O) groups is 2. The zero-order chi connectivity index (χ0) is 41.6. The molecule has 0 heterocycles. The van der Waals surface area contributed by atoms with E-state index < -0.39 is 38.6 Å². The first-order valence-electron chi connectivity index (χ1n) is 22.0. The maximum atomic E-state index is 12.6. The van der Waals surface area contributed by atoms with E-state index in [0.717, 1.165) is 25.7 Å². The molecule has 0 aliphatic rings.